The molecule has 0 unspecified atom stereocenters. The first-order chi connectivity index (χ1) is 13.6. The van der Waals surface area contributed by atoms with Crippen molar-refractivity contribution in [2.45, 2.75) is 6.10 Å². The molecule has 1 heterocycles. The number of para-hydroxylation sites is 1. The van der Waals surface area contributed by atoms with E-state index in [1.54, 1.807) is 39.5 Å². The van der Waals surface area contributed by atoms with E-state index in [-0.39, 0.29) is 12.0 Å². The Kier molecular flexibility index (Phi) is 6.34. The van der Waals surface area contributed by atoms with Gasteiger partial charge in [-0.25, -0.2) is 0 Å². The van der Waals surface area contributed by atoms with Crippen molar-refractivity contribution in [2.75, 3.05) is 27.9 Å². The SMILES string of the molecule is COc1ccc(/C=C/C(=O)NC[C@@H](OC)c2cc3ccccc3o2)cc1OC. The Morgan fingerprint density at radius 2 is 1.86 bits per heavy atom. The van der Waals surface area contributed by atoms with Gasteiger partial charge in [-0.1, -0.05) is 24.3 Å². The summed E-state index contributed by atoms with van der Waals surface area (Å²) in [6, 6.07) is 15.1. The molecule has 0 saturated carbocycles. The van der Waals surface area contributed by atoms with Crippen LogP contribution in [0, 0.1) is 0 Å². The highest BCUT2D eigenvalue weighted by atomic mass is 16.5. The first-order valence-corrected chi connectivity index (χ1v) is 8.83. The second kappa shape index (κ2) is 9.10. The van der Waals surface area contributed by atoms with Gasteiger partial charge in [-0.15, -0.1) is 0 Å². The fraction of sp³-hybridized carbons (Fsp3) is 0.227. The second-order valence-electron chi connectivity index (χ2n) is 6.10. The van der Waals surface area contributed by atoms with Crippen LogP contribution in [0.1, 0.15) is 17.4 Å². The maximum absolute atomic E-state index is 12.2. The number of hydrogen-bond donors (Lipinski definition) is 1. The van der Waals surface area contributed by atoms with Crippen molar-refractivity contribution in [2.24, 2.45) is 0 Å². The van der Waals surface area contributed by atoms with Gasteiger partial charge >= 0.3 is 0 Å². The fourth-order valence-electron chi connectivity index (χ4n) is 2.84. The molecule has 0 fully saturated rings. The molecule has 0 aliphatic heterocycles. The minimum absolute atomic E-state index is 0.229. The molecular weight excluding hydrogens is 358 g/mol. The second-order valence-corrected chi connectivity index (χ2v) is 6.10. The van der Waals surface area contributed by atoms with Crippen molar-refractivity contribution in [1.82, 2.24) is 5.32 Å². The van der Waals surface area contributed by atoms with E-state index < -0.39 is 0 Å². The average Bonchev–Trinajstić information content (AvgIpc) is 3.16. The molecule has 0 radical (unpaired) electrons. The molecule has 0 aliphatic rings. The molecule has 6 heteroatoms. The summed E-state index contributed by atoms with van der Waals surface area (Å²) in [6.45, 7) is 0.297. The van der Waals surface area contributed by atoms with Crippen LogP contribution in [-0.2, 0) is 9.53 Å². The van der Waals surface area contributed by atoms with E-state index in [9.17, 15) is 4.79 Å². The van der Waals surface area contributed by atoms with Crippen molar-refractivity contribution in [1.29, 1.82) is 0 Å². The van der Waals surface area contributed by atoms with Crippen LogP contribution in [0.3, 0.4) is 0 Å². The zero-order valence-electron chi connectivity index (χ0n) is 16.1. The molecule has 28 heavy (non-hydrogen) atoms. The number of methoxy groups -OCH3 is 3. The van der Waals surface area contributed by atoms with Gasteiger partial charge in [0.2, 0.25) is 5.91 Å². The monoisotopic (exact) mass is 381 g/mol. The highest BCUT2D eigenvalue weighted by Crippen LogP contribution is 2.28. The Morgan fingerprint density at radius 1 is 1.07 bits per heavy atom. The zero-order chi connectivity index (χ0) is 19.9. The first-order valence-electron chi connectivity index (χ1n) is 8.83. The number of carbonyl (C=O) groups is 1. The minimum atomic E-state index is -0.370. The van der Waals surface area contributed by atoms with Gasteiger partial charge in [0, 0.05) is 18.6 Å². The molecule has 6 nitrogen and oxygen atoms in total. The van der Waals surface area contributed by atoms with Crippen molar-refractivity contribution in [3.63, 3.8) is 0 Å². The van der Waals surface area contributed by atoms with Gasteiger partial charge in [0.1, 0.15) is 17.4 Å². The molecule has 1 atom stereocenters. The molecule has 1 amide bonds. The van der Waals surface area contributed by atoms with E-state index in [1.807, 2.05) is 36.4 Å². The van der Waals surface area contributed by atoms with Crippen LogP contribution in [0.5, 0.6) is 11.5 Å². The van der Waals surface area contributed by atoms with Crippen molar-refractivity contribution < 1.29 is 23.4 Å². The lowest BCUT2D eigenvalue weighted by Crippen LogP contribution is -2.27. The largest absolute Gasteiger partial charge is 0.493 e. The van der Waals surface area contributed by atoms with E-state index in [0.717, 1.165) is 16.5 Å². The van der Waals surface area contributed by atoms with E-state index in [0.29, 0.717) is 23.8 Å². The Bertz CT molecular complexity index is 943. The minimum Gasteiger partial charge on any atom is -0.493 e. The Morgan fingerprint density at radius 3 is 2.57 bits per heavy atom. The van der Waals surface area contributed by atoms with Crippen LogP contribution in [0.4, 0.5) is 0 Å². The molecule has 0 bridgehead atoms. The summed E-state index contributed by atoms with van der Waals surface area (Å²) >= 11 is 0. The van der Waals surface area contributed by atoms with Gasteiger partial charge < -0.3 is 23.9 Å². The molecule has 2 aromatic carbocycles. The molecule has 0 aliphatic carbocycles. The predicted molar refractivity (Wildman–Crippen MR) is 108 cm³/mol. The Balaban J connectivity index is 1.61. The number of furan rings is 1. The van der Waals surface area contributed by atoms with E-state index >= 15 is 0 Å². The predicted octanol–water partition coefficient (Wildman–Crippen LogP) is 3.97. The number of hydrogen-bond acceptors (Lipinski definition) is 5. The molecule has 1 aromatic heterocycles. The maximum Gasteiger partial charge on any atom is 0.244 e. The van der Waals surface area contributed by atoms with Gasteiger partial charge in [0.05, 0.1) is 20.8 Å². The van der Waals surface area contributed by atoms with E-state index in [4.69, 9.17) is 18.6 Å². The van der Waals surface area contributed by atoms with Gasteiger partial charge in [0.25, 0.3) is 0 Å². The number of ether oxygens (including phenoxy) is 3. The lowest BCUT2D eigenvalue weighted by molar-refractivity contribution is -0.117. The van der Waals surface area contributed by atoms with Crippen LogP contribution in [0.25, 0.3) is 17.0 Å². The summed E-state index contributed by atoms with van der Waals surface area (Å²) in [5.41, 5.74) is 1.62. The summed E-state index contributed by atoms with van der Waals surface area (Å²) in [5, 5.41) is 3.83. The normalized spacial score (nSPS) is 12.2. The summed E-state index contributed by atoms with van der Waals surface area (Å²) in [4.78, 5) is 12.2. The molecule has 3 aromatic rings. The highest BCUT2D eigenvalue weighted by molar-refractivity contribution is 5.91. The summed E-state index contributed by atoms with van der Waals surface area (Å²) in [5.74, 6) is 1.69. The number of amides is 1. The number of fused-ring (bicyclic) bond motifs is 1. The molecule has 146 valence electrons. The van der Waals surface area contributed by atoms with Crippen molar-refractivity contribution in [3.05, 3.63) is 65.9 Å². The van der Waals surface area contributed by atoms with Crippen molar-refractivity contribution in [3.8, 4) is 11.5 Å². The summed E-state index contributed by atoms with van der Waals surface area (Å²) in [6.07, 6.45) is 2.80. The lowest BCUT2D eigenvalue weighted by Gasteiger charge is -2.12. The Hall–Kier alpha value is -3.25. The molecule has 0 saturated heterocycles. The van der Waals surface area contributed by atoms with Crippen LogP contribution < -0.4 is 14.8 Å². The highest BCUT2D eigenvalue weighted by Gasteiger charge is 2.16. The van der Waals surface area contributed by atoms with E-state index in [1.165, 1.54) is 6.08 Å². The zero-order valence-corrected chi connectivity index (χ0v) is 16.1. The van der Waals surface area contributed by atoms with Crippen molar-refractivity contribution >= 4 is 23.0 Å². The number of rotatable bonds is 8. The van der Waals surface area contributed by atoms with Crippen LogP contribution >= 0.6 is 0 Å². The molecule has 0 spiro atoms. The number of nitrogens with one attached hydrogen (secondary N) is 1. The van der Waals surface area contributed by atoms with E-state index in [2.05, 4.69) is 5.32 Å². The Labute approximate surface area is 163 Å². The smallest absolute Gasteiger partial charge is 0.244 e. The molecule has 3 rings (SSSR count). The molecule has 1 N–H and O–H groups in total. The van der Waals surface area contributed by atoms with Gasteiger partial charge in [-0.05, 0) is 35.9 Å². The van der Waals surface area contributed by atoms with Crippen LogP contribution in [-0.4, -0.2) is 33.8 Å². The molecular formula is C22H23NO5. The average molecular weight is 381 g/mol. The van der Waals surface area contributed by atoms with Gasteiger partial charge in [-0.2, -0.15) is 0 Å². The quantitative estimate of drug-likeness (QED) is 0.598. The fourth-order valence-corrected chi connectivity index (χ4v) is 2.84. The maximum atomic E-state index is 12.2. The van der Waals surface area contributed by atoms with Gasteiger partial charge in [-0.3, -0.25) is 4.79 Å². The van der Waals surface area contributed by atoms with Crippen LogP contribution in [0.15, 0.2) is 59.0 Å². The third kappa shape index (κ3) is 4.53. The van der Waals surface area contributed by atoms with Crippen LogP contribution in [0.2, 0.25) is 0 Å². The first kappa shape index (κ1) is 19.5. The lowest BCUT2D eigenvalue weighted by atomic mass is 10.2. The van der Waals surface area contributed by atoms with Gasteiger partial charge in [0.15, 0.2) is 11.5 Å². The topological polar surface area (TPSA) is 69.9 Å². The standard InChI is InChI=1S/C22H23NO5/c1-25-18-10-8-15(12-19(18)26-2)9-11-22(24)23-14-21(27-3)20-13-16-6-4-5-7-17(16)28-20/h4-13,21H,14H2,1-3H3,(H,23,24)/b11-9+/t21-/m1/s1. The number of benzene rings is 2. The third-order valence-electron chi connectivity index (χ3n) is 4.34. The summed E-state index contributed by atoms with van der Waals surface area (Å²) < 4.78 is 21.8. The third-order valence-corrected chi connectivity index (χ3v) is 4.34. The summed E-state index contributed by atoms with van der Waals surface area (Å²) in [7, 11) is 4.74. The number of carbonyl (C=O) groups excluding carboxylic acids is 1.